The van der Waals surface area contributed by atoms with Crippen molar-refractivity contribution in [1.82, 2.24) is 14.7 Å². The van der Waals surface area contributed by atoms with Crippen LogP contribution in [0.4, 0.5) is 0 Å². The lowest BCUT2D eigenvalue weighted by Gasteiger charge is -2.17. The summed E-state index contributed by atoms with van der Waals surface area (Å²) in [7, 11) is 4.07. The molecule has 5 nitrogen and oxygen atoms in total. The third-order valence-corrected chi connectivity index (χ3v) is 3.51. The van der Waals surface area contributed by atoms with Gasteiger partial charge in [0.1, 0.15) is 5.84 Å². The summed E-state index contributed by atoms with van der Waals surface area (Å²) < 4.78 is 1.95. The molecule has 2 rings (SSSR count). The molecule has 0 fully saturated rings. The van der Waals surface area contributed by atoms with Gasteiger partial charge < -0.3 is 5.73 Å². The SMILES string of the molecule is CCc1cc(CN(C)Cc2cccc(C(=N)N)c2)n(C)n1. The van der Waals surface area contributed by atoms with Crippen molar-refractivity contribution in [2.45, 2.75) is 26.4 Å². The van der Waals surface area contributed by atoms with E-state index in [9.17, 15) is 0 Å². The van der Waals surface area contributed by atoms with Gasteiger partial charge >= 0.3 is 0 Å². The van der Waals surface area contributed by atoms with E-state index in [0.717, 1.165) is 36.3 Å². The number of rotatable bonds is 6. The maximum absolute atomic E-state index is 7.50. The van der Waals surface area contributed by atoms with Crippen LogP contribution in [0.1, 0.15) is 29.4 Å². The zero-order valence-electron chi connectivity index (χ0n) is 12.9. The molecule has 0 saturated carbocycles. The third-order valence-electron chi connectivity index (χ3n) is 3.51. The molecule has 0 aliphatic heterocycles. The van der Waals surface area contributed by atoms with Crippen molar-refractivity contribution in [2.24, 2.45) is 12.8 Å². The molecule has 1 heterocycles. The van der Waals surface area contributed by atoms with Crippen LogP contribution >= 0.6 is 0 Å². The summed E-state index contributed by atoms with van der Waals surface area (Å²) in [5.74, 6) is 0.110. The molecule has 0 saturated heterocycles. The predicted octanol–water partition coefficient (Wildman–Crippen LogP) is 1.90. The van der Waals surface area contributed by atoms with Gasteiger partial charge in [-0.15, -0.1) is 0 Å². The second-order valence-electron chi connectivity index (χ2n) is 5.39. The normalized spacial score (nSPS) is 11.0. The molecule has 21 heavy (non-hydrogen) atoms. The average Bonchev–Trinajstić information content (AvgIpc) is 2.79. The van der Waals surface area contributed by atoms with Gasteiger partial charge in [0.25, 0.3) is 0 Å². The number of nitrogen functional groups attached to an aromatic ring is 1. The molecule has 2 aromatic rings. The molecular weight excluding hydrogens is 262 g/mol. The predicted molar refractivity (Wildman–Crippen MR) is 85.2 cm³/mol. The molecule has 0 unspecified atom stereocenters. The van der Waals surface area contributed by atoms with Gasteiger partial charge in [0.2, 0.25) is 0 Å². The summed E-state index contributed by atoms with van der Waals surface area (Å²) in [6, 6.07) is 9.99. The van der Waals surface area contributed by atoms with E-state index in [1.54, 1.807) is 0 Å². The van der Waals surface area contributed by atoms with Crippen molar-refractivity contribution < 1.29 is 0 Å². The van der Waals surface area contributed by atoms with Crippen LogP contribution in [0.5, 0.6) is 0 Å². The Balaban J connectivity index is 2.04. The van der Waals surface area contributed by atoms with Crippen LogP contribution in [0, 0.1) is 5.41 Å². The summed E-state index contributed by atoms with van der Waals surface area (Å²) in [6.45, 7) is 3.77. The molecule has 0 amide bonds. The number of amidine groups is 1. The molecule has 0 aliphatic carbocycles. The quantitative estimate of drug-likeness (QED) is 0.629. The van der Waals surface area contributed by atoms with Crippen molar-refractivity contribution in [3.8, 4) is 0 Å². The monoisotopic (exact) mass is 285 g/mol. The molecule has 5 heteroatoms. The maximum Gasteiger partial charge on any atom is 0.122 e. The fourth-order valence-electron chi connectivity index (χ4n) is 2.37. The van der Waals surface area contributed by atoms with Crippen LogP contribution in [-0.2, 0) is 26.6 Å². The summed E-state index contributed by atoms with van der Waals surface area (Å²) in [5, 5.41) is 12.0. The molecule has 0 bridgehead atoms. The van der Waals surface area contributed by atoms with Crippen molar-refractivity contribution in [2.75, 3.05) is 7.05 Å². The van der Waals surface area contributed by atoms with Crippen LogP contribution in [0.3, 0.4) is 0 Å². The Kier molecular flexibility index (Phi) is 4.75. The second-order valence-corrected chi connectivity index (χ2v) is 5.39. The van der Waals surface area contributed by atoms with Crippen LogP contribution in [0.2, 0.25) is 0 Å². The van der Waals surface area contributed by atoms with Gasteiger partial charge in [-0.3, -0.25) is 15.0 Å². The molecule has 112 valence electrons. The van der Waals surface area contributed by atoms with E-state index in [1.165, 1.54) is 5.69 Å². The molecule has 1 aromatic carbocycles. The lowest BCUT2D eigenvalue weighted by molar-refractivity contribution is 0.309. The maximum atomic E-state index is 7.50. The van der Waals surface area contributed by atoms with Gasteiger partial charge in [-0.05, 0) is 31.2 Å². The Labute approximate surface area is 125 Å². The topological polar surface area (TPSA) is 70.9 Å². The standard InChI is InChI=1S/C16H23N5/c1-4-14-9-15(21(3)19-14)11-20(2)10-12-6-5-7-13(8-12)16(17)18/h5-9H,4,10-11H2,1-3H3,(H3,17,18). The molecule has 3 N–H and O–H groups in total. The number of hydrogen-bond donors (Lipinski definition) is 2. The minimum absolute atomic E-state index is 0.110. The minimum Gasteiger partial charge on any atom is -0.384 e. The zero-order chi connectivity index (χ0) is 15.4. The number of aryl methyl sites for hydroxylation is 2. The molecular formula is C16H23N5. The van der Waals surface area contributed by atoms with Gasteiger partial charge in [0, 0.05) is 25.7 Å². The zero-order valence-corrected chi connectivity index (χ0v) is 12.9. The first-order valence-electron chi connectivity index (χ1n) is 7.13. The van der Waals surface area contributed by atoms with Crippen LogP contribution < -0.4 is 5.73 Å². The lowest BCUT2D eigenvalue weighted by atomic mass is 10.1. The van der Waals surface area contributed by atoms with Gasteiger partial charge in [-0.2, -0.15) is 5.10 Å². The van der Waals surface area contributed by atoms with Gasteiger partial charge in [-0.25, -0.2) is 0 Å². The molecule has 0 spiro atoms. The Morgan fingerprint density at radius 3 is 2.71 bits per heavy atom. The number of nitrogens with one attached hydrogen (secondary N) is 1. The Bertz CT molecular complexity index is 629. The first-order valence-corrected chi connectivity index (χ1v) is 7.13. The minimum atomic E-state index is 0.110. The van der Waals surface area contributed by atoms with E-state index in [4.69, 9.17) is 11.1 Å². The highest BCUT2D eigenvalue weighted by molar-refractivity contribution is 5.95. The van der Waals surface area contributed by atoms with Gasteiger partial charge in [-0.1, -0.05) is 25.1 Å². The summed E-state index contributed by atoms with van der Waals surface area (Å²) in [5.41, 5.74) is 9.79. The molecule has 0 atom stereocenters. The first kappa shape index (κ1) is 15.3. The molecule has 1 aromatic heterocycles. The number of hydrogen-bond acceptors (Lipinski definition) is 3. The summed E-state index contributed by atoms with van der Waals surface area (Å²) in [4.78, 5) is 2.23. The highest BCUT2D eigenvalue weighted by atomic mass is 15.3. The van der Waals surface area contributed by atoms with Crippen molar-refractivity contribution in [3.05, 3.63) is 52.8 Å². The Morgan fingerprint density at radius 2 is 2.10 bits per heavy atom. The highest BCUT2D eigenvalue weighted by Gasteiger charge is 2.08. The second kappa shape index (κ2) is 6.54. The van der Waals surface area contributed by atoms with Crippen molar-refractivity contribution in [3.63, 3.8) is 0 Å². The van der Waals surface area contributed by atoms with Crippen molar-refractivity contribution in [1.29, 1.82) is 5.41 Å². The molecule has 0 aliphatic rings. The van der Waals surface area contributed by atoms with E-state index < -0.39 is 0 Å². The lowest BCUT2D eigenvalue weighted by Crippen LogP contribution is -2.19. The number of nitrogens with two attached hydrogens (primary N) is 1. The van der Waals surface area contributed by atoms with E-state index in [0.29, 0.717) is 0 Å². The third kappa shape index (κ3) is 3.92. The highest BCUT2D eigenvalue weighted by Crippen LogP contribution is 2.11. The number of benzene rings is 1. The molecule has 0 radical (unpaired) electrons. The van der Waals surface area contributed by atoms with Crippen LogP contribution in [0.15, 0.2) is 30.3 Å². The van der Waals surface area contributed by atoms with E-state index in [-0.39, 0.29) is 5.84 Å². The van der Waals surface area contributed by atoms with Crippen LogP contribution in [-0.4, -0.2) is 27.6 Å². The first-order chi connectivity index (χ1) is 9.99. The fraction of sp³-hybridized carbons (Fsp3) is 0.375. The number of aromatic nitrogens is 2. The largest absolute Gasteiger partial charge is 0.384 e. The Morgan fingerprint density at radius 1 is 1.33 bits per heavy atom. The average molecular weight is 285 g/mol. The number of nitrogens with zero attached hydrogens (tertiary/aromatic N) is 3. The van der Waals surface area contributed by atoms with E-state index in [1.807, 2.05) is 29.9 Å². The summed E-state index contributed by atoms with van der Waals surface area (Å²) >= 11 is 0. The van der Waals surface area contributed by atoms with Crippen LogP contribution in [0.25, 0.3) is 0 Å². The van der Waals surface area contributed by atoms with E-state index >= 15 is 0 Å². The van der Waals surface area contributed by atoms with E-state index in [2.05, 4.69) is 36.1 Å². The van der Waals surface area contributed by atoms with Gasteiger partial charge in [0.15, 0.2) is 0 Å². The van der Waals surface area contributed by atoms with Gasteiger partial charge in [0.05, 0.1) is 11.4 Å². The fourth-order valence-corrected chi connectivity index (χ4v) is 2.37. The smallest absolute Gasteiger partial charge is 0.122 e. The Hall–Kier alpha value is -2.14. The summed E-state index contributed by atoms with van der Waals surface area (Å²) in [6.07, 6.45) is 0.957. The van der Waals surface area contributed by atoms with Crippen molar-refractivity contribution >= 4 is 5.84 Å².